The number of nitrogen functional groups attached to an aromatic ring is 1. The highest BCUT2D eigenvalue weighted by atomic mass is 35.5. The number of aliphatic hydroxyl groups is 1. The number of nitriles is 2. The van der Waals surface area contributed by atoms with E-state index in [1.807, 2.05) is 9.80 Å². The zero-order chi connectivity index (χ0) is 28.2. The summed E-state index contributed by atoms with van der Waals surface area (Å²) < 4.78 is 21.1. The van der Waals surface area contributed by atoms with Crippen LogP contribution < -0.4 is 20.3 Å². The maximum Gasteiger partial charge on any atom is 0.320 e. The second-order valence-corrected chi connectivity index (χ2v) is 13.4. The van der Waals surface area contributed by atoms with E-state index in [-0.39, 0.29) is 24.1 Å². The number of nitrogens with two attached hydrogens (primary N) is 1. The molecule has 10 nitrogen and oxygen atoms in total. The molecule has 0 spiro atoms. The fraction of sp³-hybridized carbons (Fsp3) is 0.630. The fourth-order valence-corrected chi connectivity index (χ4v) is 8.16. The largest absolute Gasteiger partial charge is 0.461 e. The van der Waals surface area contributed by atoms with Gasteiger partial charge in [-0.25, -0.2) is 4.39 Å². The van der Waals surface area contributed by atoms with E-state index in [1.165, 1.54) is 11.3 Å². The zero-order valence-electron chi connectivity index (χ0n) is 22.4. The number of fused-ring (bicyclic) bond motifs is 1. The van der Waals surface area contributed by atoms with Gasteiger partial charge in [-0.05, 0) is 39.2 Å². The van der Waals surface area contributed by atoms with Gasteiger partial charge in [0.2, 0.25) is 0 Å². The molecule has 0 bridgehead atoms. The highest BCUT2D eigenvalue weighted by Gasteiger charge is 2.49. The average molecular weight is 587 g/mol. The molecule has 0 saturated carbocycles. The van der Waals surface area contributed by atoms with Crippen LogP contribution in [0.5, 0.6) is 6.01 Å². The summed E-state index contributed by atoms with van der Waals surface area (Å²) in [6, 6.07) is 4.60. The smallest absolute Gasteiger partial charge is 0.320 e. The Morgan fingerprint density at radius 1 is 1.12 bits per heavy atom. The van der Waals surface area contributed by atoms with Crippen LogP contribution >= 0.6 is 22.9 Å². The van der Waals surface area contributed by atoms with Crippen LogP contribution in [0.25, 0.3) is 0 Å². The number of β-amino-alcohol motifs (C(OH)–C–C–N with tert-alkyl or cyclic N) is 1. The Bertz CT molecular complexity index is 1400. The molecule has 4 aliphatic rings. The fourth-order valence-electron chi connectivity index (χ4n) is 6.84. The first-order valence-electron chi connectivity index (χ1n) is 13.7. The van der Waals surface area contributed by atoms with Crippen molar-refractivity contribution >= 4 is 39.6 Å². The molecular weight excluding hydrogens is 555 g/mol. The number of piperidine rings is 1. The van der Waals surface area contributed by atoms with Crippen molar-refractivity contribution in [3.8, 4) is 18.1 Å². The number of rotatable bonds is 6. The quantitative estimate of drug-likeness (QED) is 0.517. The number of anilines is 3. The molecule has 0 unspecified atom stereocenters. The van der Waals surface area contributed by atoms with Gasteiger partial charge in [-0.1, -0.05) is 11.6 Å². The molecule has 0 aromatic carbocycles. The highest BCUT2D eigenvalue weighted by molar-refractivity contribution is 7.20. The number of thiophene rings is 1. The lowest BCUT2D eigenvalue weighted by Gasteiger charge is -2.42. The molecule has 4 fully saturated rings. The number of halogens is 2. The van der Waals surface area contributed by atoms with Crippen LogP contribution in [0.4, 0.5) is 21.0 Å². The lowest BCUT2D eigenvalue weighted by atomic mass is 9.90. The van der Waals surface area contributed by atoms with Gasteiger partial charge in [0.15, 0.2) is 11.6 Å². The predicted octanol–water partition coefficient (Wildman–Crippen LogP) is 3.43. The molecule has 3 N–H and O–H groups in total. The number of alkyl halides is 1. The number of hydrogen-bond acceptors (Lipinski definition) is 11. The summed E-state index contributed by atoms with van der Waals surface area (Å²) in [4.78, 5) is 15.4. The first-order valence-corrected chi connectivity index (χ1v) is 14.9. The van der Waals surface area contributed by atoms with E-state index in [1.54, 1.807) is 6.92 Å². The summed E-state index contributed by atoms with van der Waals surface area (Å²) in [7, 11) is 0. The van der Waals surface area contributed by atoms with Crippen molar-refractivity contribution in [3.63, 3.8) is 0 Å². The third kappa shape index (κ3) is 4.71. The van der Waals surface area contributed by atoms with Crippen LogP contribution in [0.2, 0.25) is 4.34 Å². The Morgan fingerprint density at radius 2 is 1.82 bits per heavy atom. The van der Waals surface area contributed by atoms with E-state index in [0.717, 1.165) is 31.4 Å². The Balaban J connectivity index is 1.32. The lowest BCUT2D eigenvalue weighted by molar-refractivity contribution is 0.0446. The molecule has 0 radical (unpaired) electrons. The van der Waals surface area contributed by atoms with Gasteiger partial charge >= 0.3 is 6.01 Å². The molecule has 6 heterocycles. The number of nitrogens with zero attached hydrogens (tertiary/aromatic N) is 7. The van der Waals surface area contributed by atoms with E-state index < -0.39 is 11.8 Å². The maximum atomic E-state index is 14.3. The minimum absolute atomic E-state index is 0.0355. The van der Waals surface area contributed by atoms with Crippen molar-refractivity contribution < 1.29 is 14.2 Å². The van der Waals surface area contributed by atoms with Crippen molar-refractivity contribution in [2.75, 3.05) is 61.4 Å². The van der Waals surface area contributed by atoms with Gasteiger partial charge in [-0.15, -0.1) is 11.3 Å². The first-order chi connectivity index (χ1) is 19.1. The highest BCUT2D eigenvalue weighted by Crippen LogP contribution is 2.45. The third-order valence-corrected chi connectivity index (χ3v) is 10.1. The van der Waals surface area contributed by atoms with Crippen molar-refractivity contribution in [1.82, 2.24) is 14.9 Å². The summed E-state index contributed by atoms with van der Waals surface area (Å²) in [5.41, 5.74) is 6.18. The maximum absolute atomic E-state index is 14.3. The second-order valence-electron chi connectivity index (χ2n) is 11.8. The average Bonchev–Trinajstić information content (AvgIpc) is 3.49. The van der Waals surface area contributed by atoms with Crippen LogP contribution in [0.1, 0.15) is 61.6 Å². The summed E-state index contributed by atoms with van der Waals surface area (Å²) in [6.45, 7) is 5.29. The van der Waals surface area contributed by atoms with Gasteiger partial charge in [0.1, 0.15) is 35.5 Å². The Labute approximate surface area is 241 Å². The minimum atomic E-state index is -0.911. The first kappa shape index (κ1) is 27.3. The van der Waals surface area contributed by atoms with E-state index in [0.29, 0.717) is 77.7 Å². The minimum Gasteiger partial charge on any atom is -0.461 e. The van der Waals surface area contributed by atoms with Gasteiger partial charge < -0.3 is 25.4 Å². The number of aromatic nitrogens is 2. The lowest BCUT2D eigenvalue weighted by Crippen LogP contribution is -2.48. The Hall–Kier alpha value is -2.90. The molecule has 4 aliphatic heterocycles. The molecule has 13 heteroatoms. The summed E-state index contributed by atoms with van der Waals surface area (Å²) >= 11 is 7.63. The molecule has 0 aliphatic carbocycles. The van der Waals surface area contributed by atoms with E-state index in [9.17, 15) is 20.0 Å². The Morgan fingerprint density at radius 3 is 2.52 bits per heavy atom. The standard InChI is InChI=1S/C27H32ClFN8O2S/c1-26(38)4-2-6-35(14-26)23-19(10-31)24(36-11-16(12-36)20-18(9-30)22(32)40-21(20)28)34-25(33-23)39-15-27-5-3-7-37(27)13-17(29)8-27/h16-17,38H,2-8,11-15,32H2,1H3/t17-,26-,27+/m1/s1. The van der Waals surface area contributed by atoms with Crippen molar-refractivity contribution in [1.29, 1.82) is 10.5 Å². The van der Waals surface area contributed by atoms with Gasteiger partial charge in [0.25, 0.3) is 0 Å². The van der Waals surface area contributed by atoms with Crippen LogP contribution in [-0.2, 0) is 0 Å². The van der Waals surface area contributed by atoms with Crippen molar-refractivity contribution in [3.05, 3.63) is 21.0 Å². The predicted molar refractivity (Wildman–Crippen MR) is 151 cm³/mol. The third-order valence-electron chi connectivity index (χ3n) is 8.80. The molecule has 2 aromatic heterocycles. The van der Waals surface area contributed by atoms with Gasteiger partial charge in [0, 0.05) is 50.6 Å². The number of hydrogen-bond donors (Lipinski definition) is 2. The topological polar surface area (TPSA) is 139 Å². The van der Waals surface area contributed by atoms with E-state index in [2.05, 4.69) is 22.0 Å². The summed E-state index contributed by atoms with van der Waals surface area (Å²) in [6.07, 6.45) is 2.83. The zero-order valence-corrected chi connectivity index (χ0v) is 23.9. The molecule has 40 heavy (non-hydrogen) atoms. The summed E-state index contributed by atoms with van der Waals surface area (Å²) in [5, 5.41) is 31.1. The van der Waals surface area contributed by atoms with Crippen molar-refractivity contribution in [2.45, 2.75) is 62.3 Å². The molecule has 212 valence electrons. The van der Waals surface area contributed by atoms with Crippen LogP contribution in [0.15, 0.2) is 0 Å². The van der Waals surface area contributed by atoms with Gasteiger partial charge in [-0.2, -0.15) is 20.5 Å². The summed E-state index contributed by atoms with van der Waals surface area (Å²) in [5.74, 6) is 0.834. The Kier molecular flexibility index (Phi) is 6.94. The molecule has 2 aromatic rings. The van der Waals surface area contributed by atoms with Crippen molar-refractivity contribution in [2.24, 2.45) is 0 Å². The molecule has 6 rings (SSSR count). The van der Waals surface area contributed by atoms with E-state index in [4.69, 9.17) is 27.1 Å². The SMILES string of the molecule is C[C@@]1(O)CCCN(c2nc(OC[C@@]34CCCN3C[C@H](F)C4)nc(N3CC(c4c(Cl)sc(N)c4C#N)C3)c2C#N)C1. The normalized spacial score (nSPS) is 28.7. The molecule has 3 atom stereocenters. The molecular formula is C27H32ClFN8O2S. The molecule has 4 saturated heterocycles. The van der Waals surface area contributed by atoms with Gasteiger partial charge in [-0.3, -0.25) is 4.90 Å². The van der Waals surface area contributed by atoms with Crippen LogP contribution in [0.3, 0.4) is 0 Å². The molecule has 0 amide bonds. The van der Waals surface area contributed by atoms with Gasteiger partial charge in [0.05, 0.1) is 21.0 Å². The monoisotopic (exact) mass is 586 g/mol. The number of ether oxygens (including phenoxy) is 1. The van der Waals surface area contributed by atoms with Crippen LogP contribution in [-0.4, -0.2) is 83.2 Å². The van der Waals surface area contributed by atoms with E-state index >= 15 is 0 Å². The second kappa shape index (κ2) is 10.2. The van der Waals surface area contributed by atoms with Crippen LogP contribution in [0, 0.1) is 22.7 Å².